The smallest absolute Gasteiger partial charge is 0.326 e. The first-order valence-corrected chi connectivity index (χ1v) is 11.0. The topological polar surface area (TPSA) is 225 Å². The van der Waals surface area contributed by atoms with Crippen LogP contribution in [0.1, 0.15) is 59.8 Å². The highest BCUT2D eigenvalue weighted by molar-refractivity contribution is 5.94. The van der Waals surface area contributed by atoms with Gasteiger partial charge in [0, 0.05) is 12.8 Å². The molecule has 0 fully saturated rings. The second-order valence-electron chi connectivity index (χ2n) is 8.47. The molecule has 0 saturated carbocycles. The fraction of sp³-hybridized carbons (Fsp3) is 0.714. The lowest BCUT2D eigenvalue weighted by Gasteiger charge is -2.28. The first-order valence-electron chi connectivity index (χ1n) is 11.0. The minimum Gasteiger partial charge on any atom is -0.481 e. The molecule has 0 aromatic rings. The second kappa shape index (κ2) is 14.8. The summed E-state index contributed by atoms with van der Waals surface area (Å²) in [5.41, 5.74) is 5.79. The Morgan fingerprint density at radius 3 is 1.62 bits per heavy atom. The van der Waals surface area contributed by atoms with Gasteiger partial charge in [0.2, 0.25) is 17.7 Å². The van der Waals surface area contributed by atoms with E-state index in [1.807, 2.05) is 0 Å². The number of carboxylic acid groups (broad SMARTS) is 3. The van der Waals surface area contributed by atoms with Crippen molar-refractivity contribution in [3.63, 3.8) is 0 Å². The Bertz CT molecular complexity index is 757. The maximum atomic E-state index is 12.9. The van der Waals surface area contributed by atoms with Crippen molar-refractivity contribution in [2.24, 2.45) is 17.6 Å². The summed E-state index contributed by atoms with van der Waals surface area (Å²) in [6.45, 7) is 6.77. The number of hydrogen-bond donors (Lipinski definition) is 7. The molecule has 0 rings (SSSR count). The van der Waals surface area contributed by atoms with Crippen molar-refractivity contribution < 1.29 is 44.1 Å². The van der Waals surface area contributed by atoms with Gasteiger partial charge in [0.1, 0.15) is 18.1 Å². The Hall–Kier alpha value is -3.22. The Balaban J connectivity index is 5.62. The highest BCUT2D eigenvalue weighted by Crippen LogP contribution is 2.11. The van der Waals surface area contributed by atoms with Crippen LogP contribution >= 0.6 is 0 Å². The molecule has 34 heavy (non-hydrogen) atoms. The normalized spacial score (nSPS) is 15.4. The summed E-state index contributed by atoms with van der Waals surface area (Å²) >= 11 is 0. The van der Waals surface area contributed by atoms with Crippen LogP contribution in [0.4, 0.5) is 0 Å². The van der Waals surface area contributed by atoms with E-state index in [-0.39, 0.29) is 18.8 Å². The van der Waals surface area contributed by atoms with Crippen molar-refractivity contribution in [3.05, 3.63) is 0 Å². The summed E-state index contributed by atoms with van der Waals surface area (Å²) in [4.78, 5) is 71.3. The number of amides is 3. The maximum Gasteiger partial charge on any atom is 0.326 e. The molecule has 0 radical (unpaired) electrons. The zero-order valence-electron chi connectivity index (χ0n) is 19.9. The van der Waals surface area contributed by atoms with Crippen LogP contribution in [0.5, 0.6) is 0 Å². The highest BCUT2D eigenvalue weighted by Gasteiger charge is 2.33. The van der Waals surface area contributed by atoms with E-state index < -0.39 is 78.6 Å². The van der Waals surface area contributed by atoms with Gasteiger partial charge < -0.3 is 37.0 Å². The van der Waals surface area contributed by atoms with Crippen LogP contribution in [0, 0.1) is 11.8 Å². The minimum atomic E-state index is -1.49. The summed E-state index contributed by atoms with van der Waals surface area (Å²) in [6, 6.07) is -4.94. The molecule has 0 aliphatic heterocycles. The number of nitrogens with one attached hydrogen (secondary N) is 3. The first-order chi connectivity index (χ1) is 15.7. The number of nitrogens with two attached hydrogens (primary N) is 1. The van der Waals surface area contributed by atoms with E-state index >= 15 is 0 Å². The van der Waals surface area contributed by atoms with Crippen LogP contribution in [-0.2, 0) is 28.8 Å². The molecule has 0 aliphatic rings. The van der Waals surface area contributed by atoms with Crippen LogP contribution in [0.3, 0.4) is 0 Å². The highest BCUT2D eigenvalue weighted by atomic mass is 16.4. The van der Waals surface area contributed by atoms with Gasteiger partial charge in [-0.3, -0.25) is 24.0 Å². The fourth-order valence-electron chi connectivity index (χ4n) is 2.85. The standard InChI is InChI=1S/C21H36N4O9/c1-5-11(4)17(20(32)24-13(21(33)34)7-9-15(28)29)25-18(30)12(6-8-14(26)27)23-19(31)16(22)10(2)3/h10-13,16-17H,5-9,22H2,1-4H3,(H,23,31)(H,24,32)(H,25,30)(H,26,27)(H,28,29)(H,33,34). The molecule has 0 aliphatic carbocycles. The predicted octanol–water partition coefficient (Wildman–Crippen LogP) is -0.716. The molecule has 194 valence electrons. The zero-order chi connectivity index (χ0) is 26.6. The predicted molar refractivity (Wildman–Crippen MR) is 119 cm³/mol. The molecule has 0 aromatic carbocycles. The lowest BCUT2D eigenvalue weighted by molar-refractivity contribution is -0.143. The second-order valence-corrected chi connectivity index (χ2v) is 8.47. The van der Waals surface area contributed by atoms with Crippen LogP contribution in [-0.4, -0.2) is 75.1 Å². The molecule has 0 saturated heterocycles. The van der Waals surface area contributed by atoms with Crippen LogP contribution in [0.15, 0.2) is 0 Å². The maximum absolute atomic E-state index is 12.9. The Morgan fingerprint density at radius 2 is 1.21 bits per heavy atom. The van der Waals surface area contributed by atoms with E-state index in [1.54, 1.807) is 27.7 Å². The Labute approximate surface area is 197 Å². The first kappa shape index (κ1) is 30.8. The Kier molecular flexibility index (Phi) is 13.4. The number of aliphatic carboxylic acids is 3. The molecule has 3 amide bonds. The molecule has 0 bridgehead atoms. The van der Waals surface area contributed by atoms with Gasteiger partial charge in [0.25, 0.3) is 0 Å². The molecule has 13 nitrogen and oxygen atoms in total. The average Bonchev–Trinajstić information content (AvgIpc) is 2.75. The number of carbonyl (C=O) groups excluding carboxylic acids is 3. The van der Waals surface area contributed by atoms with E-state index in [1.165, 1.54) is 0 Å². The lowest BCUT2D eigenvalue weighted by Crippen LogP contribution is -2.59. The molecule has 13 heteroatoms. The van der Waals surface area contributed by atoms with E-state index in [0.29, 0.717) is 6.42 Å². The SMILES string of the molecule is CCC(C)C(NC(=O)C(CCC(=O)O)NC(=O)C(N)C(C)C)C(=O)NC(CCC(=O)O)C(=O)O. The van der Waals surface area contributed by atoms with Crippen molar-refractivity contribution in [2.45, 2.75) is 84.0 Å². The number of carboxylic acids is 3. The van der Waals surface area contributed by atoms with Gasteiger partial charge in [-0.25, -0.2) is 4.79 Å². The molecule has 0 heterocycles. The van der Waals surface area contributed by atoms with Gasteiger partial charge >= 0.3 is 17.9 Å². The molecule has 5 atom stereocenters. The molecule has 0 aromatic heterocycles. The van der Waals surface area contributed by atoms with Crippen molar-refractivity contribution in [1.82, 2.24) is 16.0 Å². The van der Waals surface area contributed by atoms with E-state index in [9.17, 15) is 33.9 Å². The van der Waals surface area contributed by atoms with Crippen LogP contribution in [0.25, 0.3) is 0 Å². The third kappa shape index (κ3) is 11.1. The van der Waals surface area contributed by atoms with Gasteiger partial charge in [0.05, 0.1) is 6.04 Å². The number of rotatable bonds is 16. The molecule has 8 N–H and O–H groups in total. The molecular formula is C21H36N4O9. The van der Waals surface area contributed by atoms with Gasteiger partial charge in [-0.05, 0) is 24.7 Å². The monoisotopic (exact) mass is 488 g/mol. The van der Waals surface area contributed by atoms with E-state index in [4.69, 9.17) is 15.9 Å². The van der Waals surface area contributed by atoms with Crippen molar-refractivity contribution in [1.29, 1.82) is 0 Å². The molecule has 0 spiro atoms. The van der Waals surface area contributed by atoms with Gasteiger partial charge in [-0.1, -0.05) is 34.1 Å². The lowest BCUT2D eigenvalue weighted by atomic mass is 9.96. The summed E-state index contributed by atoms with van der Waals surface area (Å²) in [5, 5.41) is 34.2. The van der Waals surface area contributed by atoms with Crippen molar-refractivity contribution >= 4 is 35.6 Å². The third-order valence-corrected chi connectivity index (χ3v) is 5.36. The third-order valence-electron chi connectivity index (χ3n) is 5.36. The minimum absolute atomic E-state index is 0.249. The quantitative estimate of drug-likeness (QED) is 0.144. The van der Waals surface area contributed by atoms with Crippen LogP contribution in [0.2, 0.25) is 0 Å². The van der Waals surface area contributed by atoms with Gasteiger partial charge in [-0.15, -0.1) is 0 Å². The van der Waals surface area contributed by atoms with E-state index in [0.717, 1.165) is 0 Å². The van der Waals surface area contributed by atoms with Crippen LogP contribution < -0.4 is 21.7 Å². The van der Waals surface area contributed by atoms with Gasteiger partial charge in [0.15, 0.2) is 0 Å². The summed E-state index contributed by atoms with van der Waals surface area (Å²) in [7, 11) is 0. The van der Waals surface area contributed by atoms with E-state index in [2.05, 4.69) is 16.0 Å². The zero-order valence-corrected chi connectivity index (χ0v) is 19.9. The largest absolute Gasteiger partial charge is 0.481 e. The molecular weight excluding hydrogens is 452 g/mol. The summed E-state index contributed by atoms with van der Waals surface area (Å²) in [5.74, 6) is -6.91. The molecule has 5 unspecified atom stereocenters. The summed E-state index contributed by atoms with van der Waals surface area (Å²) in [6.07, 6.45) is -1.14. The summed E-state index contributed by atoms with van der Waals surface area (Å²) < 4.78 is 0. The van der Waals surface area contributed by atoms with Crippen molar-refractivity contribution in [2.75, 3.05) is 0 Å². The average molecular weight is 489 g/mol. The number of carbonyl (C=O) groups is 6. The Morgan fingerprint density at radius 1 is 0.735 bits per heavy atom. The van der Waals surface area contributed by atoms with Crippen molar-refractivity contribution in [3.8, 4) is 0 Å². The fourth-order valence-corrected chi connectivity index (χ4v) is 2.85. The number of hydrogen-bond acceptors (Lipinski definition) is 7. The van der Waals surface area contributed by atoms with Gasteiger partial charge in [-0.2, -0.15) is 0 Å².